The second kappa shape index (κ2) is 5.59. The molecule has 0 atom stereocenters. The summed E-state index contributed by atoms with van der Waals surface area (Å²) in [5.74, 6) is -0.529. The van der Waals surface area contributed by atoms with Crippen molar-refractivity contribution in [3.63, 3.8) is 0 Å². The summed E-state index contributed by atoms with van der Waals surface area (Å²) in [6.07, 6.45) is 0. The molecule has 4 nitrogen and oxygen atoms in total. The zero-order valence-corrected chi connectivity index (χ0v) is 12.3. The van der Waals surface area contributed by atoms with Gasteiger partial charge >= 0.3 is 5.97 Å². The van der Waals surface area contributed by atoms with E-state index < -0.39 is 5.97 Å². The molecule has 1 aromatic carbocycles. The first-order valence-corrected chi connectivity index (χ1v) is 6.57. The molecule has 0 spiro atoms. The molecule has 1 aromatic heterocycles. The van der Waals surface area contributed by atoms with Crippen molar-refractivity contribution >= 4 is 45.0 Å². The number of halogens is 2. The van der Waals surface area contributed by atoms with Gasteiger partial charge in [0.1, 0.15) is 5.82 Å². The van der Waals surface area contributed by atoms with Gasteiger partial charge < -0.3 is 10.4 Å². The summed E-state index contributed by atoms with van der Waals surface area (Å²) in [4.78, 5) is 15.2. The molecule has 2 N–H and O–H groups in total. The maximum atomic E-state index is 11.0. The van der Waals surface area contributed by atoms with Crippen molar-refractivity contribution in [3.8, 4) is 0 Å². The lowest BCUT2D eigenvalue weighted by atomic mass is 10.2. The first kappa shape index (κ1) is 13.8. The molecule has 19 heavy (non-hydrogen) atoms. The minimum atomic E-state index is -0.987. The van der Waals surface area contributed by atoms with Gasteiger partial charge in [-0.2, -0.15) is 0 Å². The van der Waals surface area contributed by atoms with E-state index in [1.165, 1.54) is 12.1 Å². The third kappa shape index (κ3) is 3.45. The highest BCUT2D eigenvalue weighted by molar-refractivity contribution is 9.10. The van der Waals surface area contributed by atoms with Gasteiger partial charge in [-0.05, 0) is 53.2 Å². The van der Waals surface area contributed by atoms with Crippen LogP contribution in [0.2, 0.25) is 5.02 Å². The summed E-state index contributed by atoms with van der Waals surface area (Å²) in [6.45, 7) is 1.74. The van der Waals surface area contributed by atoms with Gasteiger partial charge in [-0.25, -0.2) is 9.78 Å². The Labute approximate surface area is 123 Å². The number of carboxylic acid groups (broad SMARTS) is 1. The van der Waals surface area contributed by atoms with E-state index in [0.717, 1.165) is 10.2 Å². The number of nitrogens with one attached hydrogen (secondary N) is 1. The largest absolute Gasteiger partial charge is 0.478 e. The summed E-state index contributed by atoms with van der Waals surface area (Å²) in [5, 5.41) is 12.6. The van der Waals surface area contributed by atoms with Crippen molar-refractivity contribution in [2.75, 3.05) is 5.32 Å². The van der Waals surface area contributed by atoms with Gasteiger partial charge in [0, 0.05) is 15.2 Å². The molecule has 1 heterocycles. The van der Waals surface area contributed by atoms with E-state index in [-0.39, 0.29) is 5.56 Å². The number of aromatic nitrogens is 1. The van der Waals surface area contributed by atoms with E-state index in [0.29, 0.717) is 16.5 Å². The molecule has 98 valence electrons. The Morgan fingerprint density at radius 1 is 1.37 bits per heavy atom. The minimum Gasteiger partial charge on any atom is -0.478 e. The Morgan fingerprint density at radius 3 is 2.79 bits per heavy atom. The monoisotopic (exact) mass is 340 g/mol. The average molecular weight is 342 g/mol. The predicted molar refractivity (Wildman–Crippen MR) is 78.4 cm³/mol. The maximum absolute atomic E-state index is 11.0. The first-order valence-electron chi connectivity index (χ1n) is 5.40. The highest BCUT2D eigenvalue weighted by Crippen LogP contribution is 2.28. The van der Waals surface area contributed by atoms with E-state index in [4.69, 9.17) is 16.7 Å². The fourth-order valence-corrected chi connectivity index (χ4v) is 2.11. The van der Waals surface area contributed by atoms with Gasteiger partial charge in [0.15, 0.2) is 0 Å². The van der Waals surface area contributed by atoms with Gasteiger partial charge in [-0.1, -0.05) is 11.6 Å². The smallest absolute Gasteiger partial charge is 0.335 e. The van der Waals surface area contributed by atoms with Crippen LogP contribution in [0, 0.1) is 6.92 Å². The summed E-state index contributed by atoms with van der Waals surface area (Å²) in [5.41, 5.74) is 1.54. The van der Waals surface area contributed by atoms with Crippen LogP contribution in [0.25, 0.3) is 0 Å². The number of carbonyl (C=O) groups is 1. The normalized spacial score (nSPS) is 10.3. The Kier molecular flexibility index (Phi) is 4.07. The molecule has 0 aliphatic heterocycles. The highest BCUT2D eigenvalue weighted by atomic mass is 79.9. The number of aromatic carboxylic acids is 1. The third-order valence-electron chi connectivity index (χ3n) is 2.39. The van der Waals surface area contributed by atoms with Crippen molar-refractivity contribution in [1.82, 2.24) is 4.98 Å². The van der Waals surface area contributed by atoms with E-state index in [1.54, 1.807) is 25.1 Å². The SMILES string of the molecule is Cc1cc(C(=O)O)cc(Nc2cc(Cl)ccc2Br)n1. The molecule has 6 heteroatoms. The molecule has 0 amide bonds. The number of anilines is 2. The molecule has 2 rings (SSSR count). The van der Waals surface area contributed by atoms with E-state index in [9.17, 15) is 4.79 Å². The third-order valence-corrected chi connectivity index (χ3v) is 3.32. The van der Waals surface area contributed by atoms with Crippen LogP contribution in [-0.4, -0.2) is 16.1 Å². The van der Waals surface area contributed by atoms with Crippen molar-refractivity contribution in [1.29, 1.82) is 0 Å². The van der Waals surface area contributed by atoms with Gasteiger partial charge in [0.2, 0.25) is 0 Å². The summed E-state index contributed by atoms with van der Waals surface area (Å²) >= 11 is 9.31. The number of aryl methyl sites for hydroxylation is 1. The Bertz CT molecular complexity index is 647. The van der Waals surface area contributed by atoms with Crippen LogP contribution in [0.15, 0.2) is 34.8 Å². The van der Waals surface area contributed by atoms with Gasteiger partial charge in [0.25, 0.3) is 0 Å². The number of carboxylic acids is 1. The number of rotatable bonds is 3. The molecule has 0 saturated carbocycles. The first-order chi connectivity index (χ1) is 8.95. The highest BCUT2D eigenvalue weighted by Gasteiger charge is 2.08. The van der Waals surface area contributed by atoms with Crippen LogP contribution < -0.4 is 5.32 Å². The van der Waals surface area contributed by atoms with E-state index >= 15 is 0 Å². The number of benzene rings is 1. The molecular weight excluding hydrogens is 332 g/mol. The average Bonchev–Trinajstić information content (AvgIpc) is 2.33. The quantitative estimate of drug-likeness (QED) is 0.876. The van der Waals surface area contributed by atoms with Crippen LogP contribution in [-0.2, 0) is 0 Å². The lowest BCUT2D eigenvalue weighted by molar-refractivity contribution is 0.0696. The van der Waals surface area contributed by atoms with Crippen LogP contribution >= 0.6 is 27.5 Å². The summed E-state index contributed by atoms with van der Waals surface area (Å²) < 4.78 is 0.817. The number of hydrogen-bond donors (Lipinski definition) is 2. The standard InChI is InChI=1S/C13H10BrClN2O2/c1-7-4-8(13(18)19)5-12(16-7)17-11-6-9(15)2-3-10(11)14/h2-6H,1H3,(H,16,17)(H,18,19). The van der Waals surface area contributed by atoms with Gasteiger partial charge in [0.05, 0.1) is 11.3 Å². The Morgan fingerprint density at radius 2 is 2.11 bits per heavy atom. The van der Waals surface area contributed by atoms with Crippen LogP contribution in [0.5, 0.6) is 0 Å². The number of nitrogens with zero attached hydrogens (tertiary/aromatic N) is 1. The second-order valence-electron chi connectivity index (χ2n) is 3.94. The molecule has 0 aliphatic rings. The summed E-state index contributed by atoms with van der Waals surface area (Å²) in [6, 6.07) is 8.28. The number of hydrogen-bond acceptors (Lipinski definition) is 3. The zero-order chi connectivity index (χ0) is 14.0. The van der Waals surface area contributed by atoms with Crippen molar-refractivity contribution in [2.45, 2.75) is 6.92 Å². The van der Waals surface area contributed by atoms with Crippen molar-refractivity contribution in [2.24, 2.45) is 0 Å². The predicted octanol–water partition coefficient (Wildman–Crippen LogP) is 4.25. The maximum Gasteiger partial charge on any atom is 0.335 e. The fraction of sp³-hybridized carbons (Fsp3) is 0.0769. The Hall–Kier alpha value is -1.59. The number of pyridine rings is 1. The molecule has 0 bridgehead atoms. The molecule has 0 radical (unpaired) electrons. The topological polar surface area (TPSA) is 62.2 Å². The lowest BCUT2D eigenvalue weighted by Crippen LogP contribution is -2.02. The molecular formula is C13H10BrClN2O2. The molecule has 0 saturated heterocycles. The minimum absolute atomic E-state index is 0.188. The molecule has 2 aromatic rings. The van der Waals surface area contributed by atoms with Crippen LogP contribution in [0.4, 0.5) is 11.5 Å². The summed E-state index contributed by atoms with van der Waals surface area (Å²) in [7, 11) is 0. The van der Waals surface area contributed by atoms with Crippen molar-refractivity contribution < 1.29 is 9.90 Å². The van der Waals surface area contributed by atoms with Gasteiger partial charge in [-0.3, -0.25) is 0 Å². The Balaban J connectivity index is 2.38. The van der Waals surface area contributed by atoms with Crippen LogP contribution in [0.3, 0.4) is 0 Å². The fourth-order valence-electron chi connectivity index (χ4n) is 1.59. The molecule has 0 unspecified atom stereocenters. The zero-order valence-electron chi connectivity index (χ0n) is 9.95. The van der Waals surface area contributed by atoms with Crippen LogP contribution in [0.1, 0.15) is 16.1 Å². The lowest BCUT2D eigenvalue weighted by Gasteiger charge is -2.09. The molecule has 0 aliphatic carbocycles. The molecule has 0 fully saturated rings. The second-order valence-corrected chi connectivity index (χ2v) is 5.23. The van der Waals surface area contributed by atoms with E-state index in [2.05, 4.69) is 26.2 Å². The van der Waals surface area contributed by atoms with Gasteiger partial charge in [-0.15, -0.1) is 0 Å². The van der Waals surface area contributed by atoms with Crippen molar-refractivity contribution in [3.05, 3.63) is 51.1 Å². The van der Waals surface area contributed by atoms with E-state index in [1.807, 2.05) is 0 Å².